The smallest absolute Gasteiger partial charge is 0.0503 e. The van der Waals surface area contributed by atoms with Crippen molar-refractivity contribution in [2.75, 3.05) is 13.2 Å². The quantitative estimate of drug-likeness (QED) is 0.801. The number of rotatable bonds is 7. The molecule has 1 fully saturated rings. The van der Waals surface area contributed by atoms with Gasteiger partial charge in [0.15, 0.2) is 0 Å². The van der Waals surface area contributed by atoms with Gasteiger partial charge in [0.1, 0.15) is 0 Å². The van der Waals surface area contributed by atoms with Crippen LogP contribution in [0.5, 0.6) is 0 Å². The van der Waals surface area contributed by atoms with Crippen LogP contribution in [0.3, 0.4) is 0 Å². The van der Waals surface area contributed by atoms with E-state index >= 15 is 0 Å². The van der Waals surface area contributed by atoms with Gasteiger partial charge in [0.05, 0.1) is 6.04 Å². The normalized spacial score (nSPS) is 22.9. The van der Waals surface area contributed by atoms with Crippen LogP contribution >= 0.6 is 0 Å². The van der Waals surface area contributed by atoms with Crippen molar-refractivity contribution in [3.05, 3.63) is 30.1 Å². The molecule has 1 aromatic rings. The number of hydrogen-bond acceptors (Lipinski definition) is 4. The Kier molecular flexibility index (Phi) is 5.95. The van der Waals surface area contributed by atoms with Gasteiger partial charge in [-0.15, -0.1) is 0 Å². The summed E-state index contributed by atoms with van der Waals surface area (Å²) >= 11 is 0. The minimum Gasteiger partial charge on any atom is -0.396 e. The van der Waals surface area contributed by atoms with E-state index < -0.39 is 0 Å². The maximum absolute atomic E-state index is 9.07. The molecule has 3 unspecified atom stereocenters. The van der Waals surface area contributed by atoms with Crippen LogP contribution in [0, 0.1) is 0 Å². The number of nitrogens with two attached hydrogens (primary N) is 1. The van der Waals surface area contributed by atoms with Crippen molar-refractivity contribution in [2.45, 2.75) is 57.2 Å². The first-order chi connectivity index (χ1) is 9.77. The van der Waals surface area contributed by atoms with E-state index in [9.17, 15) is 0 Å². The third-order valence-corrected chi connectivity index (χ3v) is 4.40. The lowest BCUT2D eigenvalue weighted by Crippen LogP contribution is -2.43. The van der Waals surface area contributed by atoms with Crippen LogP contribution in [0.2, 0.25) is 0 Å². The van der Waals surface area contributed by atoms with Crippen LogP contribution in [-0.4, -0.2) is 40.2 Å². The van der Waals surface area contributed by atoms with E-state index in [1.807, 2.05) is 12.4 Å². The SMILES string of the molecule is CCC(N)C(c1ccncc1)N1CCCC1CCCO. The highest BCUT2D eigenvalue weighted by atomic mass is 16.2. The van der Waals surface area contributed by atoms with Crippen LogP contribution in [0.25, 0.3) is 0 Å². The molecule has 1 saturated heterocycles. The molecule has 2 rings (SSSR count). The summed E-state index contributed by atoms with van der Waals surface area (Å²) in [5, 5.41) is 9.07. The topological polar surface area (TPSA) is 62.4 Å². The number of pyridine rings is 1. The second kappa shape index (κ2) is 7.72. The van der Waals surface area contributed by atoms with Gasteiger partial charge in [0.2, 0.25) is 0 Å². The standard InChI is InChI=1S/C16H27N3O/c1-2-15(17)16(13-7-9-18-10-8-13)19-11-3-5-14(19)6-4-12-20/h7-10,14-16,20H,2-6,11-12,17H2,1H3. The molecular weight excluding hydrogens is 250 g/mol. The van der Waals surface area contributed by atoms with Gasteiger partial charge in [-0.25, -0.2) is 0 Å². The van der Waals surface area contributed by atoms with Gasteiger partial charge in [-0.2, -0.15) is 0 Å². The highest BCUT2D eigenvalue weighted by Crippen LogP contribution is 2.33. The third-order valence-electron chi connectivity index (χ3n) is 4.40. The van der Waals surface area contributed by atoms with E-state index in [2.05, 4.69) is 28.9 Å². The minimum atomic E-state index is 0.145. The minimum absolute atomic E-state index is 0.145. The third kappa shape index (κ3) is 3.57. The molecule has 112 valence electrons. The van der Waals surface area contributed by atoms with E-state index in [-0.39, 0.29) is 18.7 Å². The zero-order valence-corrected chi connectivity index (χ0v) is 12.4. The summed E-state index contributed by atoms with van der Waals surface area (Å²) in [7, 11) is 0. The number of aliphatic hydroxyl groups excluding tert-OH is 1. The predicted molar refractivity (Wildman–Crippen MR) is 81.3 cm³/mol. The molecule has 4 nitrogen and oxygen atoms in total. The number of hydrogen-bond donors (Lipinski definition) is 2. The molecule has 3 N–H and O–H groups in total. The number of likely N-dealkylation sites (tertiary alicyclic amines) is 1. The zero-order valence-electron chi connectivity index (χ0n) is 12.4. The molecule has 0 aromatic carbocycles. The fourth-order valence-electron chi connectivity index (χ4n) is 3.33. The predicted octanol–water partition coefficient (Wildman–Crippen LogP) is 2.10. The fourth-order valence-corrected chi connectivity index (χ4v) is 3.33. The fraction of sp³-hybridized carbons (Fsp3) is 0.688. The molecule has 0 spiro atoms. The molecule has 20 heavy (non-hydrogen) atoms. The van der Waals surface area contributed by atoms with E-state index in [1.165, 1.54) is 18.4 Å². The van der Waals surface area contributed by atoms with Gasteiger partial charge in [-0.1, -0.05) is 6.92 Å². The van der Waals surface area contributed by atoms with E-state index in [0.29, 0.717) is 6.04 Å². The van der Waals surface area contributed by atoms with Gasteiger partial charge in [0, 0.05) is 31.1 Å². The monoisotopic (exact) mass is 277 g/mol. The number of aliphatic hydroxyl groups is 1. The summed E-state index contributed by atoms with van der Waals surface area (Å²) in [5.41, 5.74) is 7.68. The van der Waals surface area contributed by atoms with Crippen molar-refractivity contribution < 1.29 is 5.11 Å². The highest BCUT2D eigenvalue weighted by Gasteiger charge is 2.33. The van der Waals surface area contributed by atoms with Crippen molar-refractivity contribution in [2.24, 2.45) is 5.73 Å². The summed E-state index contributed by atoms with van der Waals surface area (Å²) in [4.78, 5) is 6.67. The molecular formula is C16H27N3O. The Labute approximate surface area is 122 Å². The van der Waals surface area contributed by atoms with Crippen LogP contribution in [0.1, 0.15) is 50.6 Å². The summed E-state index contributed by atoms with van der Waals surface area (Å²) in [5.74, 6) is 0. The Bertz CT molecular complexity index is 385. The Morgan fingerprint density at radius 1 is 1.45 bits per heavy atom. The Morgan fingerprint density at radius 3 is 2.85 bits per heavy atom. The molecule has 3 atom stereocenters. The van der Waals surface area contributed by atoms with Crippen LogP contribution in [-0.2, 0) is 0 Å². The average Bonchev–Trinajstić information content (AvgIpc) is 2.94. The molecule has 0 saturated carbocycles. The molecule has 0 bridgehead atoms. The second-order valence-corrected chi connectivity index (χ2v) is 5.70. The Morgan fingerprint density at radius 2 is 2.20 bits per heavy atom. The van der Waals surface area contributed by atoms with E-state index in [1.54, 1.807) is 0 Å². The van der Waals surface area contributed by atoms with E-state index in [4.69, 9.17) is 10.8 Å². The highest BCUT2D eigenvalue weighted by molar-refractivity contribution is 5.18. The summed E-state index contributed by atoms with van der Waals surface area (Å²) < 4.78 is 0. The van der Waals surface area contributed by atoms with Crippen LogP contribution in [0.15, 0.2) is 24.5 Å². The first-order valence-electron chi connectivity index (χ1n) is 7.80. The molecule has 0 amide bonds. The molecule has 1 aliphatic rings. The van der Waals surface area contributed by atoms with Crippen LogP contribution in [0.4, 0.5) is 0 Å². The van der Waals surface area contributed by atoms with Crippen molar-refractivity contribution in [3.8, 4) is 0 Å². The lowest BCUT2D eigenvalue weighted by atomic mass is 9.95. The Balaban J connectivity index is 2.18. The maximum Gasteiger partial charge on any atom is 0.0503 e. The zero-order chi connectivity index (χ0) is 14.4. The van der Waals surface area contributed by atoms with Crippen molar-refractivity contribution in [1.82, 2.24) is 9.88 Å². The second-order valence-electron chi connectivity index (χ2n) is 5.70. The summed E-state index contributed by atoms with van der Waals surface area (Å²) in [6, 6.07) is 5.14. The maximum atomic E-state index is 9.07. The molecule has 1 aliphatic heterocycles. The molecule has 2 heterocycles. The lowest BCUT2D eigenvalue weighted by Gasteiger charge is -2.37. The van der Waals surface area contributed by atoms with Crippen LogP contribution < -0.4 is 5.73 Å². The molecule has 1 aromatic heterocycles. The van der Waals surface area contributed by atoms with Gasteiger partial charge in [0.25, 0.3) is 0 Å². The summed E-state index contributed by atoms with van der Waals surface area (Å²) in [6.07, 6.45) is 9.06. The van der Waals surface area contributed by atoms with E-state index in [0.717, 1.165) is 25.8 Å². The van der Waals surface area contributed by atoms with Gasteiger partial charge < -0.3 is 10.8 Å². The van der Waals surface area contributed by atoms with Gasteiger partial charge in [-0.3, -0.25) is 9.88 Å². The van der Waals surface area contributed by atoms with Crippen molar-refractivity contribution in [3.63, 3.8) is 0 Å². The van der Waals surface area contributed by atoms with Crippen molar-refractivity contribution >= 4 is 0 Å². The molecule has 4 heteroatoms. The number of aromatic nitrogens is 1. The lowest BCUT2D eigenvalue weighted by molar-refractivity contribution is 0.140. The molecule has 0 aliphatic carbocycles. The molecule has 0 radical (unpaired) electrons. The number of nitrogens with zero attached hydrogens (tertiary/aromatic N) is 2. The first kappa shape index (κ1) is 15.4. The van der Waals surface area contributed by atoms with Gasteiger partial charge in [-0.05, 0) is 56.3 Å². The average molecular weight is 277 g/mol. The Hall–Kier alpha value is -0.970. The largest absolute Gasteiger partial charge is 0.396 e. The first-order valence-corrected chi connectivity index (χ1v) is 7.80. The summed E-state index contributed by atoms with van der Waals surface area (Å²) in [6.45, 7) is 3.54. The van der Waals surface area contributed by atoms with Crippen molar-refractivity contribution in [1.29, 1.82) is 0 Å². The van der Waals surface area contributed by atoms with Gasteiger partial charge >= 0.3 is 0 Å².